The van der Waals surface area contributed by atoms with E-state index < -0.39 is 12.1 Å². The number of hydrogen-bond acceptors (Lipinski definition) is 5. The molecule has 4 aromatic rings. The summed E-state index contributed by atoms with van der Waals surface area (Å²) in [5.74, 6) is 1.32. The predicted molar refractivity (Wildman–Crippen MR) is 128 cm³/mol. The van der Waals surface area contributed by atoms with Crippen LogP contribution >= 0.6 is 0 Å². The SMILES string of the molecule is C=C(C)C(=O)OCCNC(=O)Oc1c2ccccc2c(Oc2ccccc2)c2ccccc12. The topological polar surface area (TPSA) is 73.9 Å². The Morgan fingerprint density at radius 1 is 0.788 bits per heavy atom. The van der Waals surface area contributed by atoms with Gasteiger partial charge in [-0.05, 0) is 19.1 Å². The maximum Gasteiger partial charge on any atom is 0.412 e. The van der Waals surface area contributed by atoms with E-state index in [1.54, 1.807) is 6.92 Å². The summed E-state index contributed by atoms with van der Waals surface area (Å²) in [6.07, 6.45) is -0.645. The summed E-state index contributed by atoms with van der Waals surface area (Å²) in [6, 6.07) is 24.8. The summed E-state index contributed by atoms with van der Waals surface area (Å²) < 4.78 is 17.0. The van der Waals surface area contributed by atoms with Crippen LogP contribution in [0, 0.1) is 0 Å². The van der Waals surface area contributed by atoms with Crippen molar-refractivity contribution in [2.75, 3.05) is 13.2 Å². The van der Waals surface area contributed by atoms with E-state index in [1.165, 1.54) is 0 Å². The molecule has 1 N–H and O–H groups in total. The average molecular weight is 441 g/mol. The maximum absolute atomic E-state index is 12.5. The molecule has 4 rings (SSSR count). The number of benzene rings is 4. The highest BCUT2D eigenvalue weighted by Crippen LogP contribution is 2.44. The molecule has 0 fully saturated rings. The molecule has 4 aromatic carbocycles. The molecular formula is C27H23NO5. The number of rotatable bonds is 7. The van der Waals surface area contributed by atoms with Crippen molar-refractivity contribution >= 4 is 33.6 Å². The lowest BCUT2D eigenvalue weighted by atomic mass is 10.0. The van der Waals surface area contributed by atoms with Gasteiger partial charge in [-0.2, -0.15) is 0 Å². The molecule has 0 bridgehead atoms. The van der Waals surface area contributed by atoms with Gasteiger partial charge in [-0.1, -0.05) is 73.3 Å². The Kier molecular flexibility index (Phi) is 6.55. The summed E-state index contributed by atoms with van der Waals surface area (Å²) >= 11 is 0. The van der Waals surface area contributed by atoms with E-state index in [0.717, 1.165) is 21.5 Å². The first-order chi connectivity index (χ1) is 16.0. The second-order valence-corrected chi connectivity index (χ2v) is 7.40. The van der Waals surface area contributed by atoms with Gasteiger partial charge < -0.3 is 19.5 Å². The molecule has 0 aliphatic carbocycles. The molecule has 0 saturated heterocycles. The molecular weight excluding hydrogens is 418 g/mol. The fourth-order valence-corrected chi connectivity index (χ4v) is 3.42. The highest BCUT2D eigenvalue weighted by Gasteiger charge is 2.18. The Labute approximate surface area is 191 Å². The highest BCUT2D eigenvalue weighted by atomic mass is 16.6. The number of nitrogens with one attached hydrogen (secondary N) is 1. The van der Waals surface area contributed by atoms with Crippen LogP contribution in [0.2, 0.25) is 0 Å². The number of amides is 1. The molecule has 0 saturated carbocycles. The molecule has 33 heavy (non-hydrogen) atoms. The van der Waals surface area contributed by atoms with Crippen molar-refractivity contribution in [3.05, 3.63) is 91.0 Å². The van der Waals surface area contributed by atoms with E-state index >= 15 is 0 Å². The van der Waals surface area contributed by atoms with Crippen molar-refractivity contribution in [1.29, 1.82) is 0 Å². The first kappa shape index (κ1) is 21.9. The molecule has 0 radical (unpaired) electrons. The fourth-order valence-electron chi connectivity index (χ4n) is 3.42. The van der Waals surface area contributed by atoms with E-state index in [2.05, 4.69) is 11.9 Å². The largest absolute Gasteiger partial charge is 0.460 e. The summed E-state index contributed by atoms with van der Waals surface area (Å²) in [4.78, 5) is 24.0. The third-order valence-corrected chi connectivity index (χ3v) is 4.94. The van der Waals surface area contributed by atoms with Gasteiger partial charge >= 0.3 is 12.1 Å². The normalized spacial score (nSPS) is 10.6. The Bertz CT molecular complexity index is 1270. The monoisotopic (exact) mass is 441 g/mol. The molecule has 0 spiro atoms. The maximum atomic E-state index is 12.5. The molecule has 0 aliphatic rings. The average Bonchev–Trinajstić information content (AvgIpc) is 2.84. The van der Waals surface area contributed by atoms with Crippen LogP contribution in [-0.4, -0.2) is 25.2 Å². The Morgan fingerprint density at radius 3 is 1.85 bits per heavy atom. The number of para-hydroxylation sites is 1. The van der Waals surface area contributed by atoms with Gasteiger partial charge in [0, 0.05) is 27.1 Å². The van der Waals surface area contributed by atoms with E-state index in [4.69, 9.17) is 14.2 Å². The molecule has 0 unspecified atom stereocenters. The van der Waals surface area contributed by atoms with Crippen LogP contribution in [0.15, 0.2) is 91.0 Å². The third kappa shape index (κ3) is 4.96. The van der Waals surface area contributed by atoms with E-state index in [1.807, 2.05) is 78.9 Å². The van der Waals surface area contributed by atoms with Crippen molar-refractivity contribution in [2.45, 2.75) is 6.92 Å². The molecule has 1 amide bonds. The number of esters is 1. The lowest BCUT2D eigenvalue weighted by Gasteiger charge is -2.17. The predicted octanol–water partition coefficient (Wildman–Crippen LogP) is 5.99. The first-order valence-corrected chi connectivity index (χ1v) is 10.5. The number of carbonyl (C=O) groups excluding carboxylic acids is 2. The lowest BCUT2D eigenvalue weighted by Crippen LogP contribution is -2.30. The molecule has 0 atom stereocenters. The third-order valence-electron chi connectivity index (χ3n) is 4.94. The molecule has 6 nitrogen and oxygen atoms in total. The van der Waals surface area contributed by atoms with Gasteiger partial charge in [-0.25, -0.2) is 9.59 Å². The minimum absolute atomic E-state index is 0.0200. The van der Waals surface area contributed by atoms with Crippen molar-refractivity contribution in [1.82, 2.24) is 5.32 Å². The fraction of sp³-hybridized carbons (Fsp3) is 0.111. The van der Waals surface area contributed by atoms with Crippen molar-refractivity contribution in [3.8, 4) is 17.2 Å². The van der Waals surface area contributed by atoms with Crippen molar-refractivity contribution < 1.29 is 23.8 Å². The minimum atomic E-state index is -0.645. The summed E-state index contributed by atoms with van der Waals surface area (Å²) in [5, 5.41) is 5.73. The zero-order valence-corrected chi connectivity index (χ0v) is 18.2. The second kappa shape index (κ2) is 9.87. The number of hydrogen-bond donors (Lipinski definition) is 1. The van der Waals surface area contributed by atoms with Gasteiger partial charge in [-0.3, -0.25) is 0 Å². The van der Waals surface area contributed by atoms with Crippen LogP contribution in [0.3, 0.4) is 0 Å². The highest BCUT2D eigenvalue weighted by molar-refractivity contribution is 6.12. The first-order valence-electron chi connectivity index (χ1n) is 10.5. The van der Waals surface area contributed by atoms with Crippen LogP contribution in [0.4, 0.5) is 4.79 Å². The van der Waals surface area contributed by atoms with E-state index in [9.17, 15) is 9.59 Å². The smallest absolute Gasteiger partial charge is 0.412 e. The van der Waals surface area contributed by atoms with Crippen LogP contribution in [-0.2, 0) is 9.53 Å². The minimum Gasteiger partial charge on any atom is -0.460 e. The molecule has 166 valence electrons. The standard InChI is InChI=1S/C27H23NO5/c1-18(2)26(29)31-17-16-28-27(30)33-25-22-14-8-6-12-20(22)24(21-13-7-9-15-23(21)25)32-19-10-4-3-5-11-19/h3-15H,1,16-17H2,2H3,(H,28,30). The number of fused-ring (bicyclic) bond motifs is 2. The molecule has 0 heterocycles. The summed E-state index contributed by atoms with van der Waals surface area (Å²) in [7, 11) is 0. The Balaban J connectivity index is 1.65. The second-order valence-electron chi connectivity index (χ2n) is 7.40. The van der Waals surface area contributed by atoms with Crippen LogP contribution < -0.4 is 14.8 Å². The van der Waals surface area contributed by atoms with E-state index in [-0.39, 0.29) is 13.2 Å². The van der Waals surface area contributed by atoms with Crippen LogP contribution in [0.1, 0.15) is 6.92 Å². The summed E-state index contributed by atoms with van der Waals surface area (Å²) in [5.41, 5.74) is 0.299. The molecule has 6 heteroatoms. The van der Waals surface area contributed by atoms with Gasteiger partial charge in [0.1, 0.15) is 23.9 Å². The number of ether oxygens (including phenoxy) is 3. The van der Waals surface area contributed by atoms with Crippen LogP contribution in [0.5, 0.6) is 17.2 Å². The van der Waals surface area contributed by atoms with Gasteiger partial charge in [0.15, 0.2) is 0 Å². The number of carbonyl (C=O) groups is 2. The van der Waals surface area contributed by atoms with Crippen molar-refractivity contribution in [2.24, 2.45) is 0 Å². The van der Waals surface area contributed by atoms with Gasteiger partial charge in [0.25, 0.3) is 0 Å². The van der Waals surface area contributed by atoms with Gasteiger partial charge in [-0.15, -0.1) is 0 Å². The van der Waals surface area contributed by atoms with Gasteiger partial charge in [0.05, 0.1) is 6.54 Å². The molecule has 0 aliphatic heterocycles. The Hall–Kier alpha value is -4.32. The van der Waals surface area contributed by atoms with Crippen LogP contribution in [0.25, 0.3) is 21.5 Å². The quantitative estimate of drug-likeness (QED) is 0.165. The zero-order chi connectivity index (χ0) is 23.2. The van der Waals surface area contributed by atoms with E-state index in [0.29, 0.717) is 22.8 Å². The summed E-state index contributed by atoms with van der Waals surface area (Å²) in [6.45, 7) is 5.21. The molecule has 0 aromatic heterocycles. The van der Waals surface area contributed by atoms with Crippen molar-refractivity contribution in [3.63, 3.8) is 0 Å². The zero-order valence-electron chi connectivity index (χ0n) is 18.2. The Morgan fingerprint density at radius 2 is 1.30 bits per heavy atom. The lowest BCUT2D eigenvalue weighted by molar-refractivity contribution is -0.138. The van der Waals surface area contributed by atoms with Gasteiger partial charge in [0.2, 0.25) is 0 Å².